The maximum Gasteiger partial charge on any atom is 0.257 e. The van der Waals surface area contributed by atoms with Gasteiger partial charge < -0.3 is 19.2 Å². The quantitative estimate of drug-likeness (QED) is 0.659. The van der Waals surface area contributed by atoms with Gasteiger partial charge in [0.1, 0.15) is 0 Å². The first-order valence-corrected chi connectivity index (χ1v) is 8.58. The molecule has 7 heteroatoms. The Morgan fingerprint density at radius 1 is 1.07 bits per heavy atom. The molecule has 7 nitrogen and oxygen atoms in total. The molecule has 27 heavy (non-hydrogen) atoms. The Kier molecular flexibility index (Phi) is 6.04. The lowest BCUT2D eigenvalue weighted by Crippen LogP contribution is -2.30. The minimum Gasteiger partial charge on any atom is -0.493 e. The van der Waals surface area contributed by atoms with Crippen LogP contribution in [0.15, 0.2) is 52.9 Å². The minimum atomic E-state index is -0.237. The fourth-order valence-corrected chi connectivity index (χ4v) is 2.52. The first-order chi connectivity index (χ1) is 13.2. The highest BCUT2D eigenvalue weighted by Crippen LogP contribution is 2.25. The number of benzene rings is 2. The van der Waals surface area contributed by atoms with E-state index in [0.29, 0.717) is 36.2 Å². The van der Waals surface area contributed by atoms with Gasteiger partial charge in [0.25, 0.3) is 5.91 Å². The summed E-state index contributed by atoms with van der Waals surface area (Å²) >= 11 is 0. The van der Waals surface area contributed by atoms with Crippen molar-refractivity contribution >= 4 is 5.91 Å². The van der Waals surface area contributed by atoms with Crippen LogP contribution in [0.25, 0.3) is 11.5 Å². The molecule has 0 bridgehead atoms. The zero-order valence-electron chi connectivity index (χ0n) is 15.3. The van der Waals surface area contributed by atoms with E-state index in [2.05, 4.69) is 15.5 Å². The van der Waals surface area contributed by atoms with Crippen LogP contribution < -0.4 is 14.8 Å². The van der Waals surface area contributed by atoms with Gasteiger partial charge in [-0.25, -0.2) is 0 Å². The first kappa shape index (κ1) is 18.4. The molecule has 0 radical (unpaired) electrons. The number of methoxy groups -OCH3 is 1. The zero-order chi connectivity index (χ0) is 19.1. The number of aryl methyl sites for hydroxylation is 1. The molecule has 0 aliphatic carbocycles. The van der Waals surface area contributed by atoms with Crippen molar-refractivity contribution < 1.29 is 18.7 Å². The number of ether oxygens (including phenoxy) is 2. The van der Waals surface area contributed by atoms with Gasteiger partial charge in [0, 0.05) is 18.5 Å². The van der Waals surface area contributed by atoms with Crippen molar-refractivity contribution in [1.29, 1.82) is 0 Å². The van der Waals surface area contributed by atoms with E-state index in [9.17, 15) is 4.79 Å². The Labute approximate surface area is 157 Å². The smallest absolute Gasteiger partial charge is 0.257 e. The summed E-state index contributed by atoms with van der Waals surface area (Å²) in [6.45, 7) is 2.27. The monoisotopic (exact) mass is 367 g/mol. The number of para-hydroxylation sites is 2. The van der Waals surface area contributed by atoms with Crippen LogP contribution in [0.4, 0.5) is 0 Å². The second-order valence-corrected chi connectivity index (χ2v) is 5.86. The van der Waals surface area contributed by atoms with Crippen molar-refractivity contribution in [2.45, 2.75) is 13.3 Å². The van der Waals surface area contributed by atoms with Crippen LogP contribution in [-0.2, 0) is 11.2 Å². The van der Waals surface area contributed by atoms with Crippen LogP contribution in [0.1, 0.15) is 11.5 Å². The Balaban J connectivity index is 1.46. The van der Waals surface area contributed by atoms with E-state index in [4.69, 9.17) is 13.9 Å². The largest absolute Gasteiger partial charge is 0.493 e. The van der Waals surface area contributed by atoms with Crippen LogP contribution in [-0.4, -0.2) is 36.4 Å². The van der Waals surface area contributed by atoms with Crippen molar-refractivity contribution in [3.63, 3.8) is 0 Å². The predicted molar refractivity (Wildman–Crippen MR) is 99.7 cm³/mol. The molecule has 3 aromatic rings. The molecular formula is C20H21N3O4. The number of carbonyl (C=O) groups is 1. The third-order valence-electron chi connectivity index (χ3n) is 3.93. The standard InChI is InChI=1S/C20H21N3O4/c1-14-7-3-4-8-15(14)20-23-22-19(27-20)11-12-21-18(24)13-26-17-10-6-5-9-16(17)25-2/h3-10H,11-13H2,1-2H3,(H,21,24). The first-order valence-electron chi connectivity index (χ1n) is 8.58. The third-order valence-corrected chi connectivity index (χ3v) is 3.93. The van der Waals surface area contributed by atoms with Crippen molar-refractivity contribution in [3.8, 4) is 23.0 Å². The average Bonchev–Trinajstić information content (AvgIpc) is 3.15. The SMILES string of the molecule is COc1ccccc1OCC(=O)NCCc1nnc(-c2ccccc2C)o1. The van der Waals surface area contributed by atoms with Gasteiger partial charge in [-0.2, -0.15) is 0 Å². The summed E-state index contributed by atoms with van der Waals surface area (Å²) in [6.07, 6.45) is 0.444. The molecule has 0 spiro atoms. The summed E-state index contributed by atoms with van der Waals surface area (Å²) in [5.41, 5.74) is 1.97. The molecule has 0 saturated carbocycles. The van der Waals surface area contributed by atoms with Crippen LogP contribution in [0.3, 0.4) is 0 Å². The topological polar surface area (TPSA) is 86.5 Å². The fourth-order valence-electron chi connectivity index (χ4n) is 2.52. The number of carbonyl (C=O) groups excluding carboxylic acids is 1. The van der Waals surface area contributed by atoms with E-state index in [1.165, 1.54) is 0 Å². The zero-order valence-corrected chi connectivity index (χ0v) is 15.3. The van der Waals surface area contributed by atoms with Crippen LogP contribution in [0, 0.1) is 6.92 Å². The van der Waals surface area contributed by atoms with E-state index in [0.717, 1.165) is 11.1 Å². The highest BCUT2D eigenvalue weighted by Gasteiger charge is 2.11. The van der Waals surface area contributed by atoms with Crippen molar-refractivity contribution in [3.05, 3.63) is 60.0 Å². The third kappa shape index (κ3) is 4.84. The Bertz CT molecular complexity index is 908. The molecule has 0 aliphatic rings. The van der Waals surface area contributed by atoms with E-state index in [-0.39, 0.29) is 12.5 Å². The fraction of sp³-hybridized carbons (Fsp3) is 0.250. The summed E-state index contributed by atoms with van der Waals surface area (Å²) in [7, 11) is 1.55. The molecule has 2 aromatic carbocycles. The van der Waals surface area contributed by atoms with Crippen molar-refractivity contribution in [1.82, 2.24) is 15.5 Å². The Hall–Kier alpha value is -3.35. The second kappa shape index (κ2) is 8.84. The average molecular weight is 367 g/mol. The van der Waals surface area contributed by atoms with Gasteiger partial charge in [-0.05, 0) is 30.7 Å². The highest BCUT2D eigenvalue weighted by atomic mass is 16.5. The molecule has 1 heterocycles. The summed E-state index contributed by atoms with van der Waals surface area (Å²) < 4.78 is 16.3. The summed E-state index contributed by atoms with van der Waals surface area (Å²) in [5, 5.41) is 10.9. The van der Waals surface area contributed by atoms with E-state index < -0.39 is 0 Å². The maximum absolute atomic E-state index is 11.9. The molecule has 140 valence electrons. The summed E-state index contributed by atoms with van der Waals surface area (Å²) in [4.78, 5) is 11.9. The molecule has 0 unspecified atom stereocenters. The second-order valence-electron chi connectivity index (χ2n) is 5.86. The number of nitrogens with zero attached hydrogens (tertiary/aromatic N) is 2. The lowest BCUT2D eigenvalue weighted by atomic mass is 10.1. The summed E-state index contributed by atoms with van der Waals surface area (Å²) in [5.74, 6) is 1.82. The van der Waals surface area contributed by atoms with Gasteiger partial charge in [0.05, 0.1) is 7.11 Å². The van der Waals surface area contributed by atoms with Crippen molar-refractivity contribution in [2.75, 3.05) is 20.3 Å². The van der Waals surface area contributed by atoms with E-state index in [1.54, 1.807) is 19.2 Å². The number of aromatic nitrogens is 2. The number of hydrogen-bond donors (Lipinski definition) is 1. The molecule has 1 aromatic heterocycles. The molecular weight excluding hydrogens is 346 g/mol. The minimum absolute atomic E-state index is 0.0985. The summed E-state index contributed by atoms with van der Waals surface area (Å²) in [6, 6.07) is 15.0. The van der Waals surface area contributed by atoms with E-state index >= 15 is 0 Å². The van der Waals surface area contributed by atoms with Crippen LogP contribution >= 0.6 is 0 Å². The maximum atomic E-state index is 11.9. The van der Waals surface area contributed by atoms with Crippen molar-refractivity contribution in [2.24, 2.45) is 0 Å². The van der Waals surface area contributed by atoms with Crippen LogP contribution in [0.2, 0.25) is 0 Å². The van der Waals surface area contributed by atoms with Gasteiger partial charge in [0.15, 0.2) is 18.1 Å². The number of nitrogens with one attached hydrogen (secondary N) is 1. The van der Waals surface area contributed by atoms with Gasteiger partial charge >= 0.3 is 0 Å². The lowest BCUT2D eigenvalue weighted by molar-refractivity contribution is -0.123. The normalized spacial score (nSPS) is 10.4. The predicted octanol–water partition coefficient (Wildman–Crippen LogP) is 2.79. The molecule has 0 saturated heterocycles. The van der Waals surface area contributed by atoms with E-state index in [1.807, 2.05) is 43.3 Å². The molecule has 0 aliphatic heterocycles. The molecule has 1 N–H and O–H groups in total. The Morgan fingerprint density at radius 3 is 2.59 bits per heavy atom. The number of rotatable bonds is 8. The van der Waals surface area contributed by atoms with Gasteiger partial charge in [-0.1, -0.05) is 30.3 Å². The van der Waals surface area contributed by atoms with Gasteiger partial charge in [-0.3, -0.25) is 4.79 Å². The molecule has 0 atom stereocenters. The van der Waals surface area contributed by atoms with Crippen LogP contribution in [0.5, 0.6) is 11.5 Å². The van der Waals surface area contributed by atoms with Gasteiger partial charge in [-0.15, -0.1) is 10.2 Å². The number of hydrogen-bond acceptors (Lipinski definition) is 6. The lowest BCUT2D eigenvalue weighted by Gasteiger charge is -2.10. The Morgan fingerprint density at radius 2 is 1.81 bits per heavy atom. The molecule has 1 amide bonds. The molecule has 3 rings (SSSR count). The molecule has 0 fully saturated rings. The van der Waals surface area contributed by atoms with Gasteiger partial charge in [0.2, 0.25) is 11.8 Å². The number of amides is 1. The highest BCUT2D eigenvalue weighted by molar-refractivity contribution is 5.77.